The van der Waals surface area contributed by atoms with E-state index < -0.39 is 5.97 Å². The monoisotopic (exact) mass is 270 g/mol. The molecule has 1 aliphatic rings. The van der Waals surface area contributed by atoms with Gasteiger partial charge in [0.15, 0.2) is 0 Å². The zero-order valence-corrected chi connectivity index (χ0v) is 12.4. The van der Waals surface area contributed by atoms with E-state index in [4.69, 9.17) is 5.11 Å². The van der Waals surface area contributed by atoms with Crippen molar-refractivity contribution in [3.05, 3.63) is 0 Å². The van der Waals surface area contributed by atoms with Gasteiger partial charge < -0.3 is 14.9 Å². The third-order valence-electron chi connectivity index (χ3n) is 3.77. The minimum absolute atomic E-state index is 0.0134. The number of nitrogens with zero attached hydrogens (tertiary/aromatic N) is 2. The second-order valence-corrected chi connectivity index (χ2v) is 5.92. The second-order valence-electron chi connectivity index (χ2n) is 5.92. The lowest BCUT2D eigenvalue weighted by atomic mass is 10.2. The molecule has 0 spiro atoms. The second kappa shape index (κ2) is 6.78. The van der Waals surface area contributed by atoms with Crippen LogP contribution in [0.5, 0.6) is 0 Å². The summed E-state index contributed by atoms with van der Waals surface area (Å²) in [7, 11) is 1.83. The molecule has 5 heteroatoms. The van der Waals surface area contributed by atoms with Crippen molar-refractivity contribution in [1.82, 2.24) is 9.80 Å². The van der Waals surface area contributed by atoms with E-state index in [0.29, 0.717) is 18.9 Å². The number of carboxylic acids is 1. The number of aliphatic carboxylic acids is 1. The number of hydrogen-bond donors (Lipinski definition) is 1. The first-order valence-electron chi connectivity index (χ1n) is 7.06. The lowest BCUT2D eigenvalue weighted by Crippen LogP contribution is -2.46. The van der Waals surface area contributed by atoms with Gasteiger partial charge in [-0.15, -0.1) is 0 Å². The van der Waals surface area contributed by atoms with Crippen molar-refractivity contribution in [2.24, 2.45) is 11.8 Å². The Kier molecular flexibility index (Phi) is 5.63. The third kappa shape index (κ3) is 5.09. The Morgan fingerprint density at radius 3 is 2.37 bits per heavy atom. The summed E-state index contributed by atoms with van der Waals surface area (Å²) in [5, 5.41) is 8.66. The van der Waals surface area contributed by atoms with E-state index in [-0.39, 0.29) is 18.5 Å². The Balaban J connectivity index is 2.44. The maximum atomic E-state index is 12.3. The van der Waals surface area contributed by atoms with Gasteiger partial charge in [-0.25, -0.2) is 4.79 Å². The van der Waals surface area contributed by atoms with Crippen LogP contribution in [0.15, 0.2) is 0 Å². The Labute approximate surface area is 115 Å². The molecule has 0 saturated heterocycles. The first-order chi connectivity index (χ1) is 8.82. The molecular weight excluding hydrogens is 244 g/mol. The van der Waals surface area contributed by atoms with Gasteiger partial charge >= 0.3 is 12.0 Å². The maximum Gasteiger partial charge on any atom is 0.319 e. The van der Waals surface area contributed by atoms with Crippen LogP contribution in [0.1, 0.15) is 40.0 Å². The van der Waals surface area contributed by atoms with Crippen LogP contribution in [0, 0.1) is 11.8 Å². The standard InChI is InChI=1S/C14H26N2O3/c1-10(2)16(7-5-6-13(17)18)14(19)15(4)9-12-8-11(12)3/h10-12H,5-9H2,1-4H3,(H,17,18). The molecule has 1 rings (SSSR count). The fourth-order valence-electron chi connectivity index (χ4n) is 2.28. The summed E-state index contributed by atoms with van der Waals surface area (Å²) in [6.45, 7) is 7.45. The molecule has 0 aromatic carbocycles. The minimum Gasteiger partial charge on any atom is -0.481 e. The molecular formula is C14H26N2O3. The van der Waals surface area contributed by atoms with Crippen LogP contribution >= 0.6 is 0 Å². The molecule has 110 valence electrons. The fraction of sp³-hybridized carbons (Fsp3) is 0.857. The van der Waals surface area contributed by atoms with Gasteiger partial charge in [0.1, 0.15) is 0 Å². The average molecular weight is 270 g/mol. The van der Waals surface area contributed by atoms with Crippen molar-refractivity contribution in [2.75, 3.05) is 20.1 Å². The molecule has 0 aromatic heterocycles. The number of rotatable bonds is 7. The summed E-state index contributed by atoms with van der Waals surface area (Å²) in [6.07, 6.45) is 1.82. The summed E-state index contributed by atoms with van der Waals surface area (Å²) >= 11 is 0. The summed E-state index contributed by atoms with van der Waals surface area (Å²) in [5.41, 5.74) is 0. The molecule has 1 N–H and O–H groups in total. The molecule has 5 nitrogen and oxygen atoms in total. The molecule has 2 unspecified atom stereocenters. The van der Waals surface area contributed by atoms with Crippen LogP contribution in [0.25, 0.3) is 0 Å². The van der Waals surface area contributed by atoms with Crippen molar-refractivity contribution >= 4 is 12.0 Å². The van der Waals surface area contributed by atoms with Crippen LogP contribution in [0.4, 0.5) is 4.79 Å². The Morgan fingerprint density at radius 1 is 1.37 bits per heavy atom. The SMILES string of the molecule is CC1CC1CN(C)C(=O)N(CCCC(=O)O)C(C)C. The topological polar surface area (TPSA) is 60.9 Å². The third-order valence-corrected chi connectivity index (χ3v) is 3.77. The van der Waals surface area contributed by atoms with Gasteiger partial charge in [0.05, 0.1) is 0 Å². The predicted molar refractivity (Wildman–Crippen MR) is 74.0 cm³/mol. The quantitative estimate of drug-likeness (QED) is 0.772. The van der Waals surface area contributed by atoms with Crippen LogP contribution in [0.3, 0.4) is 0 Å². The van der Waals surface area contributed by atoms with E-state index in [0.717, 1.165) is 12.5 Å². The molecule has 1 fully saturated rings. The van der Waals surface area contributed by atoms with E-state index in [1.807, 2.05) is 20.9 Å². The largest absolute Gasteiger partial charge is 0.481 e. The van der Waals surface area contributed by atoms with E-state index in [2.05, 4.69) is 6.92 Å². The zero-order valence-electron chi connectivity index (χ0n) is 12.4. The molecule has 0 heterocycles. The highest BCUT2D eigenvalue weighted by Gasteiger charge is 2.35. The minimum atomic E-state index is -0.809. The Hall–Kier alpha value is -1.26. The molecule has 0 aromatic rings. The van der Waals surface area contributed by atoms with Crippen molar-refractivity contribution in [3.8, 4) is 0 Å². The van der Waals surface area contributed by atoms with Gasteiger partial charge in [-0.3, -0.25) is 4.79 Å². The van der Waals surface area contributed by atoms with Crippen molar-refractivity contribution in [3.63, 3.8) is 0 Å². The van der Waals surface area contributed by atoms with Gasteiger partial charge in [0.2, 0.25) is 0 Å². The van der Waals surface area contributed by atoms with E-state index >= 15 is 0 Å². The van der Waals surface area contributed by atoms with Gasteiger partial charge in [-0.2, -0.15) is 0 Å². The molecule has 2 atom stereocenters. The van der Waals surface area contributed by atoms with Crippen LogP contribution in [-0.4, -0.2) is 53.1 Å². The van der Waals surface area contributed by atoms with E-state index in [1.165, 1.54) is 6.42 Å². The van der Waals surface area contributed by atoms with Crippen LogP contribution in [0.2, 0.25) is 0 Å². The molecule has 1 aliphatic carbocycles. The molecule has 19 heavy (non-hydrogen) atoms. The summed E-state index contributed by atoms with van der Waals surface area (Å²) in [4.78, 5) is 26.4. The van der Waals surface area contributed by atoms with Crippen molar-refractivity contribution < 1.29 is 14.7 Å². The number of hydrogen-bond acceptors (Lipinski definition) is 2. The normalized spacial score (nSPS) is 21.3. The van der Waals surface area contributed by atoms with Crippen LogP contribution in [-0.2, 0) is 4.79 Å². The van der Waals surface area contributed by atoms with Gasteiger partial charge in [0.25, 0.3) is 0 Å². The lowest BCUT2D eigenvalue weighted by molar-refractivity contribution is -0.137. The Bertz CT molecular complexity index is 331. The predicted octanol–water partition coefficient (Wildman–Crippen LogP) is 2.27. The first-order valence-corrected chi connectivity index (χ1v) is 7.06. The van der Waals surface area contributed by atoms with E-state index in [9.17, 15) is 9.59 Å². The summed E-state index contributed by atoms with van der Waals surface area (Å²) in [6, 6.07) is 0.111. The highest BCUT2D eigenvalue weighted by molar-refractivity contribution is 5.74. The highest BCUT2D eigenvalue weighted by Crippen LogP contribution is 2.38. The molecule has 0 bridgehead atoms. The molecule has 1 saturated carbocycles. The van der Waals surface area contributed by atoms with Gasteiger partial charge in [-0.05, 0) is 38.5 Å². The van der Waals surface area contributed by atoms with E-state index in [1.54, 1.807) is 9.80 Å². The Morgan fingerprint density at radius 2 is 1.95 bits per heavy atom. The van der Waals surface area contributed by atoms with Crippen molar-refractivity contribution in [2.45, 2.75) is 46.1 Å². The highest BCUT2D eigenvalue weighted by atomic mass is 16.4. The number of amides is 2. The molecule has 2 amide bonds. The van der Waals surface area contributed by atoms with Crippen LogP contribution < -0.4 is 0 Å². The fourth-order valence-corrected chi connectivity index (χ4v) is 2.28. The molecule has 0 radical (unpaired) electrons. The first kappa shape index (κ1) is 15.8. The number of carbonyl (C=O) groups is 2. The van der Waals surface area contributed by atoms with Crippen molar-refractivity contribution in [1.29, 1.82) is 0 Å². The average Bonchev–Trinajstić information content (AvgIpc) is 2.98. The zero-order chi connectivity index (χ0) is 14.6. The maximum absolute atomic E-state index is 12.3. The smallest absolute Gasteiger partial charge is 0.319 e. The number of carbonyl (C=O) groups excluding carboxylic acids is 1. The van der Waals surface area contributed by atoms with Gasteiger partial charge in [0, 0.05) is 32.6 Å². The number of urea groups is 1. The summed E-state index contributed by atoms with van der Waals surface area (Å²) < 4.78 is 0. The summed E-state index contributed by atoms with van der Waals surface area (Å²) in [5.74, 6) is 0.563. The lowest BCUT2D eigenvalue weighted by Gasteiger charge is -2.31. The number of carboxylic acid groups (broad SMARTS) is 1. The molecule has 0 aliphatic heterocycles. The van der Waals surface area contributed by atoms with Gasteiger partial charge in [-0.1, -0.05) is 6.92 Å².